The molecule has 0 unspecified atom stereocenters. The van der Waals surface area contributed by atoms with Crippen molar-refractivity contribution in [1.29, 1.82) is 0 Å². The van der Waals surface area contributed by atoms with E-state index in [0.29, 0.717) is 5.69 Å². The summed E-state index contributed by atoms with van der Waals surface area (Å²) in [5, 5.41) is 10.6. The van der Waals surface area contributed by atoms with Crippen LogP contribution in [0.25, 0.3) is 0 Å². The van der Waals surface area contributed by atoms with E-state index in [1.165, 1.54) is 29.2 Å². The minimum atomic E-state index is -3.93. The number of carbonyl (C=O) groups is 1. The van der Waals surface area contributed by atoms with Crippen molar-refractivity contribution in [2.75, 3.05) is 11.4 Å². The lowest BCUT2D eigenvalue weighted by molar-refractivity contribution is -0.384. The van der Waals surface area contributed by atoms with Crippen molar-refractivity contribution in [1.82, 2.24) is 4.72 Å². The second-order valence-electron chi connectivity index (χ2n) is 5.75. The number of hydrogen-bond donors (Lipinski definition) is 1. The van der Waals surface area contributed by atoms with E-state index in [0.717, 1.165) is 24.3 Å². The van der Waals surface area contributed by atoms with E-state index < -0.39 is 26.8 Å². The predicted octanol–water partition coefficient (Wildman–Crippen LogP) is 1.82. The molecule has 0 aromatic heterocycles. The summed E-state index contributed by atoms with van der Waals surface area (Å²) in [6.07, 6.45) is -0.0381. The van der Waals surface area contributed by atoms with Gasteiger partial charge in [-0.25, -0.2) is 17.5 Å². The van der Waals surface area contributed by atoms with Crippen LogP contribution in [0.2, 0.25) is 0 Å². The second kappa shape index (κ2) is 6.81. The zero-order valence-electron chi connectivity index (χ0n) is 13.3. The van der Waals surface area contributed by atoms with Gasteiger partial charge in [0.2, 0.25) is 15.9 Å². The van der Waals surface area contributed by atoms with Crippen molar-refractivity contribution >= 4 is 27.3 Å². The monoisotopic (exact) mass is 379 g/mol. The molecule has 2 aromatic carbocycles. The first-order valence-electron chi connectivity index (χ1n) is 7.59. The highest BCUT2D eigenvalue weighted by molar-refractivity contribution is 7.89. The Morgan fingerprint density at radius 2 is 1.73 bits per heavy atom. The first kappa shape index (κ1) is 18.0. The van der Waals surface area contributed by atoms with Crippen molar-refractivity contribution in [3.05, 3.63) is 64.5 Å². The number of non-ortho nitro benzene ring substituents is 1. The number of nitro groups is 1. The topological polar surface area (TPSA) is 110 Å². The second-order valence-corrected chi connectivity index (χ2v) is 7.47. The maximum Gasteiger partial charge on any atom is 0.269 e. The smallest absolute Gasteiger partial charge is 0.269 e. The number of halogens is 1. The molecule has 1 atom stereocenters. The Labute approximate surface area is 148 Å². The van der Waals surface area contributed by atoms with Crippen LogP contribution in [0.5, 0.6) is 0 Å². The number of rotatable bonds is 5. The molecule has 8 nitrogen and oxygen atoms in total. The molecule has 1 N–H and O–H groups in total. The first-order valence-corrected chi connectivity index (χ1v) is 9.07. The molecule has 10 heteroatoms. The summed E-state index contributed by atoms with van der Waals surface area (Å²) in [4.78, 5) is 23.4. The summed E-state index contributed by atoms with van der Waals surface area (Å²) in [6, 6.07) is 9.13. The van der Waals surface area contributed by atoms with Gasteiger partial charge in [-0.15, -0.1) is 0 Å². The normalized spacial score (nSPS) is 17.5. The van der Waals surface area contributed by atoms with Gasteiger partial charge in [0, 0.05) is 36.8 Å². The molecule has 1 saturated heterocycles. The molecular weight excluding hydrogens is 365 g/mol. The molecule has 0 spiro atoms. The lowest BCUT2D eigenvalue weighted by Gasteiger charge is -2.17. The Hall–Kier alpha value is -2.85. The fourth-order valence-electron chi connectivity index (χ4n) is 2.69. The highest BCUT2D eigenvalue weighted by Crippen LogP contribution is 2.23. The van der Waals surface area contributed by atoms with Gasteiger partial charge in [-0.1, -0.05) is 0 Å². The molecular formula is C16H14FN3O5S. The van der Waals surface area contributed by atoms with Gasteiger partial charge in [0.15, 0.2) is 0 Å². The minimum absolute atomic E-state index is 0.0381. The molecule has 1 aliphatic rings. The molecule has 0 aliphatic carbocycles. The average molecular weight is 379 g/mol. The highest BCUT2D eigenvalue weighted by atomic mass is 32.2. The van der Waals surface area contributed by atoms with Crippen molar-refractivity contribution in [2.45, 2.75) is 17.4 Å². The number of sulfonamides is 1. The molecule has 1 amide bonds. The van der Waals surface area contributed by atoms with Gasteiger partial charge in [-0.3, -0.25) is 14.9 Å². The van der Waals surface area contributed by atoms with Crippen LogP contribution in [0.4, 0.5) is 15.8 Å². The number of carbonyl (C=O) groups excluding carboxylic acids is 1. The Morgan fingerprint density at radius 1 is 1.12 bits per heavy atom. The van der Waals surface area contributed by atoms with E-state index in [1.54, 1.807) is 0 Å². The van der Waals surface area contributed by atoms with Crippen LogP contribution in [-0.4, -0.2) is 31.8 Å². The molecule has 26 heavy (non-hydrogen) atoms. The molecule has 0 bridgehead atoms. The maximum absolute atomic E-state index is 13.0. The number of amides is 1. The van der Waals surface area contributed by atoms with Crippen LogP contribution in [0.3, 0.4) is 0 Å². The Morgan fingerprint density at radius 3 is 2.31 bits per heavy atom. The van der Waals surface area contributed by atoms with Gasteiger partial charge in [0.25, 0.3) is 5.69 Å². The predicted molar refractivity (Wildman–Crippen MR) is 90.6 cm³/mol. The van der Waals surface area contributed by atoms with Gasteiger partial charge in [0.1, 0.15) is 5.82 Å². The van der Waals surface area contributed by atoms with Crippen LogP contribution in [-0.2, 0) is 14.8 Å². The Balaban J connectivity index is 1.73. The van der Waals surface area contributed by atoms with E-state index >= 15 is 0 Å². The summed E-state index contributed by atoms with van der Waals surface area (Å²) in [6.45, 7) is 0.108. The van der Waals surface area contributed by atoms with Crippen LogP contribution in [0.15, 0.2) is 53.4 Å². The number of benzene rings is 2. The number of nitro benzene ring substituents is 1. The number of anilines is 1. The lowest BCUT2D eigenvalue weighted by atomic mass is 10.3. The van der Waals surface area contributed by atoms with Crippen LogP contribution < -0.4 is 9.62 Å². The lowest BCUT2D eigenvalue weighted by Crippen LogP contribution is -2.37. The van der Waals surface area contributed by atoms with E-state index in [2.05, 4.69) is 4.72 Å². The molecule has 1 aliphatic heterocycles. The summed E-state index contributed by atoms with van der Waals surface area (Å²) in [5.41, 5.74) is 0.260. The molecule has 3 rings (SSSR count). The molecule has 136 valence electrons. The van der Waals surface area contributed by atoms with Crippen molar-refractivity contribution in [2.24, 2.45) is 0 Å². The summed E-state index contributed by atoms with van der Waals surface area (Å²) in [7, 11) is -3.93. The van der Waals surface area contributed by atoms with Crippen LogP contribution in [0, 0.1) is 15.9 Å². The number of nitrogens with one attached hydrogen (secondary N) is 1. The van der Waals surface area contributed by atoms with E-state index in [1.807, 2.05) is 0 Å². The Kier molecular flexibility index (Phi) is 4.70. The number of hydrogen-bond acceptors (Lipinski definition) is 5. The zero-order chi connectivity index (χ0) is 18.9. The van der Waals surface area contributed by atoms with E-state index in [9.17, 15) is 27.7 Å². The van der Waals surface area contributed by atoms with Gasteiger partial charge in [-0.05, 0) is 36.4 Å². The van der Waals surface area contributed by atoms with Crippen molar-refractivity contribution in [3.63, 3.8) is 0 Å². The molecule has 0 saturated carbocycles. The van der Waals surface area contributed by atoms with Gasteiger partial charge >= 0.3 is 0 Å². The third-order valence-electron chi connectivity index (χ3n) is 3.94. The standard InChI is InChI=1S/C16H14FN3O5S/c17-11-1-3-13(4-2-11)19-10-12(9-16(19)21)18-26(24,25)15-7-5-14(6-8-15)20(22)23/h1-8,12,18H,9-10H2/t12-/m0/s1. The minimum Gasteiger partial charge on any atom is -0.311 e. The SMILES string of the molecule is O=C1C[C@H](NS(=O)(=O)c2ccc([N+](=O)[O-])cc2)CN1c1ccc(F)cc1. The third kappa shape index (κ3) is 3.70. The van der Waals surface area contributed by atoms with Gasteiger partial charge in [0.05, 0.1) is 9.82 Å². The summed E-state index contributed by atoms with van der Waals surface area (Å²) < 4.78 is 40.2. The zero-order valence-corrected chi connectivity index (χ0v) is 14.1. The molecule has 2 aromatic rings. The highest BCUT2D eigenvalue weighted by Gasteiger charge is 2.33. The van der Waals surface area contributed by atoms with Crippen LogP contribution >= 0.6 is 0 Å². The van der Waals surface area contributed by atoms with Gasteiger partial charge < -0.3 is 4.90 Å². The van der Waals surface area contributed by atoms with Gasteiger partial charge in [-0.2, -0.15) is 0 Å². The maximum atomic E-state index is 13.0. The van der Waals surface area contributed by atoms with Crippen molar-refractivity contribution in [3.8, 4) is 0 Å². The fourth-order valence-corrected chi connectivity index (χ4v) is 3.92. The third-order valence-corrected chi connectivity index (χ3v) is 5.48. The van der Waals surface area contributed by atoms with E-state index in [4.69, 9.17) is 0 Å². The largest absolute Gasteiger partial charge is 0.311 e. The summed E-state index contributed by atoms with van der Waals surface area (Å²) >= 11 is 0. The van der Waals surface area contributed by atoms with Crippen molar-refractivity contribution < 1.29 is 22.5 Å². The Bertz CT molecular complexity index is 945. The quantitative estimate of drug-likeness (QED) is 0.629. The fraction of sp³-hybridized carbons (Fsp3) is 0.188. The average Bonchev–Trinajstić information content (AvgIpc) is 2.95. The van der Waals surface area contributed by atoms with Crippen LogP contribution in [0.1, 0.15) is 6.42 Å². The molecule has 0 radical (unpaired) electrons. The first-order chi connectivity index (χ1) is 12.3. The van der Waals surface area contributed by atoms with E-state index in [-0.39, 0.29) is 29.5 Å². The number of nitrogens with zero attached hydrogens (tertiary/aromatic N) is 2. The molecule has 1 heterocycles. The molecule has 1 fully saturated rings. The summed E-state index contributed by atoms with van der Waals surface area (Å²) in [5.74, 6) is -0.719.